The van der Waals surface area contributed by atoms with Gasteiger partial charge in [0.2, 0.25) is 0 Å². The molecule has 9 aromatic carbocycles. The Labute approximate surface area is 313 Å². The minimum Gasteiger partial charge on any atom is -0.291 e. The number of para-hydroxylation sites is 2. The first-order chi connectivity index (χ1) is 26.8. The van der Waals surface area contributed by atoms with E-state index in [0.29, 0.717) is 0 Å². The van der Waals surface area contributed by atoms with E-state index in [4.69, 9.17) is 4.98 Å². The van der Waals surface area contributed by atoms with Crippen LogP contribution in [0.5, 0.6) is 0 Å². The third kappa shape index (κ3) is 3.68. The van der Waals surface area contributed by atoms with Gasteiger partial charge in [-0.3, -0.25) is 4.57 Å². The lowest BCUT2D eigenvalue weighted by molar-refractivity contribution is 0.794. The van der Waals surface area contributed by atoms with E-state index in [1.54, 1.807) is 0 Å². The molecule has 0 saturated carbocycles. The van der Waals surface area contributed by atoms with Crippen LogP contribution in [0.1, 0.15) is 22.3 Å². The molecule has 0 saturated heterocycles. The molecular weight excluding hydrogens is 653 g/mol. The van der Waals surface area contributed by atoms with Crippen molar-refractivity contribution >= 4 is 32.6 Å². The molecule has 0 aliphatic heterocycles. The lowest BCUT2D eigenvalue weighted by atomic mass is 9.70. The largest absolute Gasteiger partial charge is 0.291 e. The van der Waals surface area contributed by atoms with E-state index in [0.717, 1.165) is 28.1 Å². The minimum absolute atomic E-state index is 0.407. The van der Waals surface area contributed by atoms with Gasteiger partial charge in [0.15, 0.2) is 0 Å². The Morgan fingerprint density at radius 2 is 0.963 bits per heavy atom. The maximum Gasteiger partial charge on any atom is 0.146 e. The number of fused-ring (bicyclic) bond motifs is 13. The molecule has 54 heavy (non-hydrogen) atoms. The van der Waals surface area contributed by atoms with Crippen LogP contribution in [0.25, 0.3) is 83.0 Å². The molecule has 10 aromatic rings. The van der Waals surface area contributed by atoms with Gasteiger partial charge in [0.1, 0.15) is 5.82 Å². The summed E-state index contributed by atoms with van der Waals surface area (Å²) in [6.45, 7) is 0. The zero-order valence-corrected chi connectivity index (χ0v) is 29.2. The Balaban J connectivity index is 1.22. The van der Waals surface area contributed by atoms with Crippen molar-refractivity contribution in [2.45, 2.75) is 5.41 Å². The van der Waals surface area contributed by atoms with Crippen molar-refractivity contribution in [2.24, 2.45) is 0 Å². The standard InChI is InChI=1S/C52H30N2/c1-2-17-33(18-3-1)51-53-46-31-14-15-32-47(46)54(51)50-38-23-6-4-21-36(38)48(37-22-5-7-24-39(37)50)41-26-16-30-45-49(41)40-25-10-13-29-44(40)52(45)42-27-11-8-19-34(42)35-20-9-12-28-43(35)52/h2,4-32H. The fraction of sp³-hybridized carbons (Fsp3) is 0.0192. The molecule has 248 valence electrons. The normalized spacial score (nSPS) is 13.2. The molecule has 0 unspecified atom stereocenters. The number of imidazole rings is 1. The summed E-state index contributed by atoms with van der Waals surface area (Å²) in [4.78, 5) is 5.23. The fourth-order valence-corrected chi connectivity index (χ4v) is 9.92. The molecule has 1 aromatic heterocycles. The second-order valence-electron chi connectivity index (χ2n) is 14.4. The van der Waals surface area contributed by atoms with Gasteiger partial charge in [0.25, 0.3) is 0 Å². The molecule has 2 aliphatic carbocycles. The van der Waals surface area contributed by atoms with Gasteiger partial charge >= 0.3 is 0 Å². The number of hydrogen-bond donors (Lipinski definition) is 0. The van der Waals surface area contributed by atoms with E-state index < -0.39 is 5.41 Å². The SMILES string of the molecule is c1ccc(-c2nc3ccccc3n2-c2c3ccccc3c(-c3cccc4c3-c3ccccc3C43c4ccccc4-c4ccccc43)c3ccccc23)cc#1. The predicted octanol–water partition coefficient (Wildman–Crippen LogP) is 12.6. The highest BCUT2D eigenvalue weighted by molar-refractivity contribution is 6.21. The van der Waals surface area contributed by atoms with Crippen LogP contribution >= 0.6 is 0 Å². The van der Waals surface area contributed by atoms with E-state index in [9.17, 15) is 0 Å². The van der Waals surface area contributed by atoms with Crippen LogP contribution in [0, 0.1) is 12.1 Å². The molecule has 1 heterocycles. The van der Waals surface area contributed by atoms with Gasteiger partial charge in [0.05, 0.1) is 22.1 Å². The monoisotopic (exact) mass is 682 g/mol. The summed E-state index contributed by atoms with van der Waals surface area (Å²) >= 11 is 0. The average molecular weight is 683 g/mol. The van der Waals surface area contributed by atoms with Crippen molar-refractivity contribution in [2.75, 3.05) is 0 Å². The maximum atomic E-state index is 5.23. The molecule has 0 amide bonds. The van der Waals surface area contributed by atoms with Crippen molar-refractivity contribution in [1.29, 1.82) is 0 Å². The number of rotatable bonds is 3. The van der Waals surface area contributed by atoms with Crippen LogP contribution in [0.3, 0.4) is 0 Å². The van der Waals surface area contributed by atoms with Crippen LogP contribution < -0.4 is 0 Å². The van der Waals surface area contributed by atoms with E-state index in [1.807, 2.05) is 12.1 Å². The summed E-state index contributed by atoms with van der Waals surface area (Å²) in [6.07, 6.45) is 0. The zero-order chi connectivity index (χ0) is 35.4. The average Bonchev–Trinajstić information content (AvgIpc) is 3.88. The predicted molar refractivity (Wildman–Crippen MR) is 221 cm³/mol. The Kier molecular flexibility index (Phi) is 5.93. The van der Waals surface area contributed by atoms with Crippen LogP contribution in [0.15, 0.2) is 182 Å². The second kappa shape index (κ2) is 10.9. The van der Waals surface area contributed by atoms with E-state index in [-0.39, 0.29) is 0 Å². The van der Waals surface area contributed by atoms with Gasteiger partial charge in [-0.1, -0.05) is 164 Å². The highest BCUT2D eigenvalue weighted by Crippen LogP contribution is 2.64. The summed E-state index contributed by atoms with van der Waals surface area (Å²) in [5, 5.41) is 4.78. The third-order valence-electron chi connectivity index (χ3n) is 11.9. The van der Waals surface area contributed by atoms with Gasteiger partial charge in [-0.25, -0.2) is 4.98 Å². The summed E-state index contributed by atoms with van der Waals surface area (Å²) in [5.41, 5.74) is 16.9. The first kappa shape index (κ1) is 29.4. The molecule has 2 nitrogen and oxygen atoms in total. The fourth-order valence-electron chi connectivity index (χ4n) is 9.92. The highest BCUT2D eigenvalue weighted by Gasteiger charge is 2.52. The first-order valence-corrected chi connectivity index (χ1v) is 18.6. The lowest BCUT2D eigenvalue weighted by Gasteiger charge is -2.30. The van der Waals surface area contributed by atoms with E-state index in [1.165, 1.54) is 77.2 Å². The van der Waals surface area contributed by atoms with Crippen LogP contribution in [-0.4, -0.2) is 9.55 Å². The second-order valence-corrected chi connectivity index (χ2v) is 14.4. The molecule has 0 radical (unpaired) electrons. The summed E-state index contributed by atoms with van der Waals surface area (Å²) in [5.74, 6) is 0.888. The summed E-state index contributed by atoms with van der Waals surface area (Å²) in [6, 6.07) is 72.8. The number of aromatic nitrogens is 2. The highest BCUT2D eigenvalue weighted by atomic mass is 15.1. The summed E-state index contributed by atoms with van der Waals surface area (Å²) in [7, 11) is 0. The van der Waals surface area contributed by atoms with Gasteiger partial charge < -0.3 is 0 Å². The molecule has 2 aliphatic rings. The molecule has 0 fully saturated rings. The van der Waals surface area contributed by atoms with Gasteiger partial charge in [-0.15, -0.1) is 0 Å². The van der Waals surface area contributed by atoms with Gasteiger partial charge in [-0.05, 0) is 96.7 Å². The maximum absolute atomic E-state index is 5.23. The molecule has 0 N–H and O–H groups in total. The molecule has 1 spiro atoms. The van der Waals surface area contributed by atoms with Crippen molar-refractivity contribution in [1.82, 2.24) is 9.55 Å². The third-order valence-corrected chi connectivity index (χ3v) is 11.9. The number of benzene rings is 8. The van der Waals surface area contributed by atoms with Gasteiger partial charge in [0, 0.05) is 16.3 Å². The topological polar surface area (TPSA) is 17.8 Å². The smallest absolute Gasteiger partial charge is 0.146 e. The Morgan fingerprint density at radius 1 is 0.426 bits per heavy atom. The Morgan fingerprint density at radius 3 is 1.63 bits per heavy atom. The van der Waals surface area contributed by atoms with Crippen LogP contribution in [0.2, 0.25) is 0 Å². The van der Waals surface area contributed by atoms with Crippen molar-refractivity contribution in [3.63, 3.8) is 0 Å². The molecule has 0 bridgehead atoms. The van der Waals surface area contributed by atoms with E-state index >= 15 is 0 Å². The van der Waals surface area contributed by atoms with Gasteiger partial charge in [-0.2, -0.15) is 0 Å². The molecule has 12 rings (SSSR count). The van der Waals surface area contributed by atoms with Crippen molar-refractivity contribution < 1.29 is 0 Å². The zero-order valence-electron chi connectivity index (χ0n) is 29.2. The molecule has 0 atom stereocenters. The molecule has 2 heteroatoms. The van der Waals surface area contributed by atoms with Crippen LogP contribution in [-0.2, 0) is 5.41 Å². The summed E-state index contributed by atoms with van der Waals surface area (Å²) < 4.78 is 2.36. The minimum atomic E-state index is -0.407. The number of hydrogen-bond acceptors (Lipinski definition) is 1. The quantitative estimate of drug-likeness (QED) is 0.170. The Bertz CT molecular complexity index is 3060. The Hall–Kier alpha value is -7.21. The van der Waals surface area contributed by atoms with Crippen molar-refractivity contribution in [3.05, 3.63) is 216 Å². The molecular formula is C52H30N2. The number of nitrogens with zero attached hydrogens (tertiary/aromatic N) is 2. The lowest BCUT2D eigenvalue weighted by Crippen LogP contribution is -2.25. The first-order valence-electron chi connectivity index (χ1n) is 18.6. The van der Waals surface area contributed by atoms with Crippen LogP contribution in [0.4, 0.5) is 0 Å². The van der Waals surface area contributed by atoms with Crippen molar-refractivity contribution in [3.8, 4) is 50.5 Å². The van der Waals surface area contributed by atoms with E-state index in [2.05, 4.69) is 187 Å².